The van der Waals surface area contributed by atoms with E-state index in [0.717, 1.165) is 17.0 Å². The second kappa shape index (κ2) is 10.1. The SMILES string of the molecule is C=CS(=O)(=O)c1ccc(NNc2c(S(=O)(=O)O)cc3ccc(N=Nc4ccc(C)cc4)c(O)c3c2N)cc1. The number of nitrogens with zero attached hydrogens (tertiary/aromatic N) is 2. The van der Waals surface area contributed by atoms with Gasteiger partial charge in [0.25, 0.3) is 10.1 Å². The van der Waals surface area contributed by atoms with Gasteiger partial charge in [0, 0.05) is 5.41 Å². The highest BCUT2D eigenvalue weighted by atomic mass is 32.2. The van der Waals surface area contributed by atoms with Gasteiger partial charge in [-0.2, -0.15) is 13.5 Å². The van der Waals surface area contributed by atoms with E-state index < -0.39 is 24.9 Å². The van der Waals surface area contributed by atoms with Crippen LogP contribution in [0.4, 0.5) is 28.4 Å². The third-order valence-corrected chi connectivity index (χ3v) is 7.83. The summed E-state index contributed by atoms with van der Waals surface area (Å²) in [4.78, 5) is -0.534. The van der Waals surface area contributed by atoms with Crippen LogP contribution in [-0.2, 0) is 20.0 Å². The second-order valence-corrected chi connectivity index (χ2v) is 11.5. The monoisotopic (exact) mass is 553 g/mol. The minimum absolute atomic E-state index is 0.0131. The Morgan fingerprint density at radius 1 is 0.921 bits per heavy atom. The van der Waals surface area contributed by atoms with E-state index in [-0.39, 0.29) is 38.5 Å². The summed E-state index contributed by atoms with van der Waals surface area (Å²) in [5.74, 6) is -0.347. The zero-order chi connectivity index (χ0) is 27.7. The minimum atomic E-state index is -4.75. The predicted octanol–water partition coefficient (Wildman–Crippen LogP) is 5.45. The lowest BCUT2D eigenvalue weighted by Crippen LogP contribution is -2.15. The fraction of sp³-hybridized carbons (Fsp3) is 0.0400. The van der Waals surface area contributed by atoms with Gasteiger partial charge in [0.15, 0.2) is 15.6 Å². The van der Waals surface area contributed by atoms with Crippen LogP contribution in [0.3, 0.4) is 0 Å². The quantitative estimate of drug-likeness (QED) is 0.0818. The van der Waals surface area contributed by atoms with Crippen LogP contribution < -0.4 is 16.6 Å². The van der Waals surface area contributed by atoms with Gasteiger partial charge in [-0.3, -0.25) is 9.98 Å². The molecule has 0 aliphatic carbocycles. The molecule has 0 spiro atoms. The topological polar surface area (TPSA) is 184 Å². The Kier molecular flexibility index (Phi) is 7.09. The summed E-state index contributed by atoms with van der Waals surface area (Å²) in [5, 5.41) is 20.3. The van der Waals surface area contributed by atoms with Crippen molar-refractivity contribution in [2.24, 2.45) is 10.2 Å². The largest absolute Gasteiger partial charge is 0.505 e. The van der Waals surface area contributed by atoms with E-state index in [1.54, 1.807) is 12.1 Å². The van der Waals surface area contributed by atoms with Crippen LogP contribution in [0.15, 0.2) is 98.7 Å². The number of rotatable bonds is 8. The first-order valence-electron chi connectivity index (χ1n) is 10.9. The van der Waals surface area contributed by atoms with Crippen molar-refractivity contribution < 1.29 is 26.5 Å². The van der Waals surface area contributed by atoms with E-state index in [4.69, 9.17) is 5.73 Å². The molecule has 4 rings (SSSR count). The predicted molar refractivity (Wildman–Crippen MR) is 146 cm³/mol. The first-order valence-corrected chi connectivity index (χ1v) is 13.9. The summed E-state index contributed by atoms with van der Waals surface area (Å²) in [6, 6.07) is 16.8. The van der Waals surface area contributed by atoms with Gasteiger partial charge in [0.05, 0.1) is 33.0 Å². The molecule has 6 N–H and O–H groups in total. The number of nitrogen functional groups attached to an aromatic ring is 1. The highest BCUT2D eigenvalue weighted by molar-refractivity contribution is 7.94. The molecule has 0 radical (unpaired) electrons. The molecule has 11 nitrogen and oxygen atoms in total. The lowest BCUT2D eigenvalue weighted by atomic mass is 10.1. The number of aromatic hydroxyl groups is 1. The molecule has 0 saturated carbocycles. The number of phenolic OH excluding ortho intramolecular Hbond substituents is 1. The molecular weight excluding hydrogens is 530 g/mol. The standard InChI is InChI=1S/C25H23N5O6S2/c1-3-37(32,33)19-11-9-18(10-12-19)28-30-24-21(38(34,35)36)14-16-6-13-20(25(31)22(16)23(24)26)29-27-17-7-4-15(2)5-8-17/h3-14,28,30-31H,1,26H2,2H3,(H,34,35,36). The molecule has 0 heterocycles. The summed E-state index contributed by atoms with van der Waals surface area (Å²) in [5.41, 5.74) is 13.2. The molecule has 38 heavy (non-hydrogen) atoms. The van der Waals surface area contributed by atoms with Gasteiger partial charge < -0.3 is 16.3 Å². The van der Waals surface area contributed by atoms with Gasteiger partial charge in [-0.25, -0.2) is 8.42 Å². The number of hydrogen-bond donors (Lipinski definition) is 5. The maximum atomic E-state index is 12.1. The minimum Gasteiger partial charge on any atom is -0.505 e. The van der Waals surface area contributed by atoms with Gasteiger partial charge in [0.2, 0.25) is 0 Å². The number of phenols is 1. The van der Waals surface area contributed by atoms with Crippen LogP contribution in [0.2, 0.25) is 0 Å². The van der Waals surface area contributed by atoms with E-state index >= 15 is 0 Å². The molecule has 0 atom stereocenters. The van der Waals surface area contributed by atoms with Gasteiger partial charge in [-0.1, -0.05) is 30.3 Å². The molecule has 0 amide bonds. The number of sulfone groups is 1. The van der Waals surface area contributed by atoms with Crippen molar-refractivity contribution in [3.8, 4) is 5.75 Å². The van der Waals surface area contributed by atoms with Crippen LogP contribution in [0, 0.1) is 6.92 Å². The number of aryl methyl sites for hydroxylation is 1. The molecule has 0 unspecified atom stereocenters. The number of nitrogens with two attached hydrogens (primary N) is 1. The Labute approximate surface area is 219 Å². The smallest absolute Gasteiger partial charge is 0.296 e. The number of nitrogens with one attached hydrogen (secondary N) is 2. The van der Waals surface area contributed by atoms with Crippen molar-refractivity contribution in [3.63, 3.8) is 0 Å². The van der Waals surface area contributed by atoms with Gasteiger partial charge in [-0.15, -0.1) is 5.11 Å². The van der Waals surface area contributed by atoms with Crippen molar-refractivity contribution in [2.45, 2.75) is 16.7 Å². The van der Waals surface area contributed by atoms with Gasteiger partial charge >= 0.3 is 0 Å². The molecule has 0 saturated heterocycles. The number of hydrazine groups is 1. The van der Waals surface area contributed by atoms with Crippen molar-refractivity contribution in [3.05, 3.63) is 84.3 Å². The number of hydrogen-bond acceptors (Lipinski definition) is 10. The van der Waals surface area contributed by atoms with Crippen LogP contribution in [0.1, 0.15) is 5.56 Å². The molecule has 0 aliphatic heterocycles. The zero-order valence-corrected chi connectivity index (χ0v) is 21.6. The van der Waals surface area contributed by atoms with Gasteiger partial charge in [0.1, 0.15) is 10.6 Å². The highest BCUT2D eigenvalue weighted by Gasteiger charge is 2.23. The van der Waals surface area contributed by atoms with Crippen LogP contribution >= 0.6 is 0 Å². The van der Waals surface area contributed by atoms with Crippen molar-refractivity contribution in [1.82, 2.24) is 0 Å². The van der Waals surface area contributed by atoms with E-state index in [2.05, 4.69) is 27.7 Å². The van der Waals surface area contributed by atoms with Crippen LogP contribution in [0.25, 0.3) is 10.8 Å². The summed E-state index contributed by atoms with van der Waals surface area (Å²) in [6.45, 7) is 5.21. The van der Waals surface area contributed by atoms with Crippen molar-refractivity contribution in [2.75, 3.05) is 16.6 Å². The molecular formula is C25H23N5O6S2. The van der Waals surface area contributed by atoms with Crippen molar-refractivity contribution >= 4 is 59.2 Å². The maximum Gasteiger partial charge on any atom is 0.296 e. The zero-order valence-electron chi connectivity index (χ0n) is 20.0. The van der Waals surface area contributed by atoms with Crippen LogP contribution in [-0.4, -0.2) is 26.5 Å². The number of azo groups is 1. The van der Waals surface area contributed by atoms with Crippen LogP contribution in [0.5, 0.6) is 5.75 Å². The van der Waals surface area contributed by atoms with E-state index in [1.807, 2.05) is 19.1 Å². The lowest BCUT2D eigenvalue weighted by Gasteiger charge is -2.18. The molecule has 4 aromatic rings. The molecule has 0 fully saturated rings. The number of fused-ring (bicyclic) bond motifs is 1. The Balaban J connectivity index is 1.74. The molecule has 4 aromatic carbocycles. The highest BCUT2D eigenvalue weighted by Crippen LogP contribution is 2.44. The summed E-state index contributed by atoms with van der Waals surface area (Å²) in [6.07, 6.45) is 0. The second-order valence-electron chi connectivity index (χ2n) is 8.19. The van der Waals surface area contributed by atoms with Crippen molar-refractivity contribution in [1.29, 1.82) is 0 Å². The fourth-order valence-electron chi connectivity index (χ4n) is 3.57. The Morgan fingerprint density at radius 3 is 2.18 bits per heavy atom. The summed E-state index contributed by atoms with van der Waals surface area (Å²) < 4.78 is 57.9. The molecule has 0 bridgehead atoms. The third kappa shape index (κ3) is 5.44. The fourth-order valence-corrected chi connectivity index (χ4v) is 4.97. The lowest BCUT2D eigenvalue weighted by molar-refractivity contribution is 0.481. The Bertz CT molecular complexity index is 1790. The van der Waals surface area contributed by atoms with Gasteiger partial charge in [-0.05, 0) is 60.8 Å². The molecule has 0 aliphatic rings. The summed E-state index contributed by atoms with van der Waals surface area (Å²) >= 11 is 0. The third-order valence-electron chi connectivity index (χ3n) is 5.58. The average Bonchev–Trinajstić information content (AvgIpc) is 2.88. The van der Waals surface area contributed by atoms with E-state index in [1.165, 1.54) is 36.4 Å². The summed E-state index contributed by atoms with van der Waals surface area (Å²) in [7, 11) is -8.38. The normalized spacial score (nSPS) is 12.1. The van der Waals surface area contributed by atoms with E-state index in [9.17, 15) is 26.5 Å². The number of anilines is 3. The first kappa shape index (κ1) is 26.6. The average molecular weight is 554 g/mol. The Hall–Kier alpha value is -4.46. The molecule has 13 heteroatoms. The Morgan fingerprint density at radius 2 is 1.58 bits per heavy atom. The molecule has 0 aromatic heterocycles. The maximum absolute atomic E-state index is 12.1. The number of benzene rings is 4. The molecule has 196 valence electrons. The van der Waals surface area contributed by atoms with E-state index in [0.29, 0.717) is 11.4 Å². The first-order chi connectivity index (χ1) is 17.9.